The lowest BCUT2D eigenvalue weighted by atomic mass is 9.98. The minimum atomic E-state index is -3.90. The van der Waals surface area contributed by atoms with Crippen molar-refractivity contribution in [3.63, 3.8) is 0 Å². The normalized spacial score (nSPS) is 17.1. The lowest BCUT2D eigenvalue weighted by molar-refractivity contribution is -0.120. The Labute approximate surface area is 206 Å². The molecule has 1 aliphatic heterocycles. The second kappa shape index (κ2) is 10.2. The number of piperidine rings is 1. The second-order valence-corrected chi connectivity index (χ2v) is 11.1. The minimum absolute atomic E-state index is 0.0543. The van der Waals surface area contributed by atoms with E-state index in [1.165, 1.54) is 4.31 Å². The molecule has 0 bridgehead atoms. The van der Waals surface area contributed by atoms with E-state index in [9.17, 15) is 13.2 Å². The van der Waals surface area contributed by atoms with Crippen molar-refractivity contribution in [3.05, 3.63) is 76.2 Å². The Hall–Kier alpha value is -3.23. The quantitative estimate of drug-likeness (QED) is 0.515. The predicted molar refractivity (Wildman–Crippen MR) is 137 cm³/mol. The molecule has 1 aliphatic rings. The highest BCUT2D eigenvalue weighted by Crippen LogP contribution is 2.30. The van der Waals surface area contributed by atoms with Crippen LogP contribution in [-0.4, -0.2) is 36.9 Å². The van der Waals surface area contributed by atoms with Crippen LogP contribution in [0.15, 0.2) is 51.9 Å². The zero-order chi connectivity index (χ0) is 25.2. The SMILES string of the molecule is Cc1ccc(NC(=O)C2CCCN(S(=O)(=O)c3c(C)noc3/C=C/c3cc(C)ccc3C)C2)cc1. The molecule has 0 radical (unpaired) electrons. The molecule has 8 heteroatoms. The van der Waals surface area contributed by atoms with E-state index in [2.05, 4.69) is 10.5 Å². The fourth-order valence-electron chi connectivity index (χ4n) is 4.29. The monoisotopic (exact) mass is 493 g/mol. The molecular formula is C27H31N3O4S. The first-order chi connectivity index (χ1) is 16.6. The van der Waals surface area contributed by atoms with Crippen LogP contribution in [0.1, 0.15) is 46.5 Å². The van der Waals surface area contributed by atoms with Crippen molar-refractivity contribution >= 4 is 33.8 Å². The molecule has 1 amide bonds. The maximum Gasteiger partial charge on any atom is 0.248 e. The molecule has 0 aliphatic carbocycles. The molecular weight excluding hydrogens is 462 g/mol. The van der Waals surface area contributed by atoms with E-state index in [0.717, 1.165) is 22.3 Å². The molecule has 1 unspecified atom stereocenters. The number of amides is 1. The summed E-state index contributed by atoms with van der Waals surface area (Å²) < 4.78 is 34.1. The van der Waals surface area contributed by atoms with Gasteiger partial charge in [-0.2, -0.15) is 4.31 Å². The minimum Gasteiger partial charge on any atom is -0.355 e. The smallest absolute Gasteiger partial charge is 0.248 e. The van der Waals surface area contributed by atoms with Crippen molar-refractivity contribution < 1.29 is 17.7 Å². The third-order valence-electron chi connectivity index (χ3n) is 6.35. The first-order valence-corrected chi connectivity index (χ1v) is 13.2. The molecule has 35 heavy (non-hydrogen) atoms. The third-order valence-corrected chi connectivity index (χ3v) is 8.38. The van der Waals surface area contributed by atoms with E-state index in [1.54, 1.807) is 13.0 Å². The fraction of sp³-hybridized carbons (Fsp3) is 0.333. The highest BCUT2D eigenvalue weighted by molar-refractivity contribution is 7.89. The zero-order valence-electron chi connectivity index (χ0n) is 20.5. The van der Waals surface area contributed by atoms with Crippen molar-refractivity contribution in [1.29, 1.82) is 0 Å². The van der Waals surface area contributed by atoms with Gasteiger partial charge in [0, 0.05) is 18.8 Å². The number of hydrogen-bond acceptors (Lipinski definition) is 5. The van der Waals surface area contributed by atoms with Crippen molar-refractivity contribution in [3.8, 4) is 0 Å². The van der Waals surface area contributed by atoms with Crippen LogP contribution < -0.4 is 5.32 Å². The molecule has 1 saturated heterocycles. The summed E-state index contributed by atoms with van der Waals surface area (Å²) in [4.78, 5) is 12.9. The van der Waals surface area contributed by atoms with Gasteiger partial charge in [0.2, 0.25) is 15.9 Å². The van der Waals surface area contributed by atoms with Gasteiger partial charge in [-0.15, -0.1) is 0 Å². The Balaban J connectivity index is 1.55. The van der Waals surface area contributed by atoms with Gasteiger partial charge in [-0.3, -0.25) is 4.79 Å². The molecule has 3 aromatic rings. The first-order valence-electron chi connectivity index (χ1n) is 11.7. The Bertz CT molecular complexity index is 1360. The van der Waals surface area contributed by atoms with E-state index in [0.29, 0.717) is 30.8 Å². The summed E-state index contributed by atoms with van der Waals surface area (Å²) in [6.45, 7) is 8.07. The average molecular weight is 494 g/mol. The summed E-state index contributed by atoms with van der Waals surface area (Å²) in [5, 5.41) is 6.85. The van der Waals surface area contributed by atoms with Gasteiger partial charge in [0.05, 0.1) is 5.92 Å². The van der Waals surface area contributed by atoms with E-state index < -0.39 is 15.9 Å². The van der Waals surface area contributed by atoms with E-state index in [4.69, 9.17) is 4.52 Å². The van der Waals surface area contributed by atoms with Gasteiger partial charge >= 0.3 is 0 Å². The number of hydrogen-bond donors (Lipinski definition) is 1. The van der Waals surface area contributed by atoms with Crippen LogP contribution in [-0.2, 0) is 14.8 Å². The van der Waals surface area contributed by atoms with Crippen molar-refractivity contribution in [2.75, 3.05) is 18.4 Å². The highest BCUT2D eigenvalue weighted by Gasteiger charge is 2.37. The molecule has 1 N–H and O–H groups in total. The van der Waals surface area contributed by atoms with Crippen LogP contribution in [0, 0.1) is 33.6 Å². The van der Waals surface area contributed by atoms with Crippen LogP contribution in [0.5, 0.6) is 0 Å². The maximum absolute atomic E-state index is 13.6. The zero-order valence-corrected chi connectivity index (χ0v) is 21.4. The van der Waals surface area contributed by atoms with Crippen LogP contribution in [0.3, 0.4) is 0 Å². The Morgan fingerprint density at radius 1 is 1.06 bits per heavy atom. The largest absolute Gasteiger partial charge is 0.355 e. The van der Waals surface area contributed by atoms with Gasteiger partial charge in [-0.05, 0) is 69.9 Å². The number of nitrogens with one attached hydrogen (secondary N) is 1. The fourth-order valence-corrected chi connectivity index (χ4v) is 6.06. The van der Waals surface area contributed by atoms with Crippen LogP contribution in [0.25, 0.3) is 12.2 Å². The third kappa shape index (κ3) is 5.55. The summed E-state index contributed by atoms with van der Waals surface area (Å²) in [6, 6.07) is 13.6. The summed E-state index contributed by atoms with van der Waals surface area (Å²) in [7, 11) is -3.90. The van der Waals surface area contributed by atoms with Gasteiger partial charge in [-0.1, -0.05) is 52.7 Å². The Morgan fingerprint density at radius 3 is 2.51 bits per heavy atom. The number of carbonyl (C=O) groups is 1. The standard InChI is InChI=1S/C27H31N3O4S/c1-18-8-12-24(13-9-18)28-27(31)23-6-5-15-30(17-23)35(32,33)26-21(4)29-34-25(26)14-11-22-16-19(2)7-10-20(22)3/h7-14,16,23H,5-6,15,17H2,1-4H3,(H,28,31)/b14-11+. The molecule has 7 nitrogen and oxygen atoms in total. The number of aromatic nitrogens is 1. The highest BCUT2D eigenvalue weighted by atomic mass is 32.2. The summed E-state index contributed by atoms with van der Waals surface area (Å²) in [5.74, 6) is -0.422. The second-order valence-electron chi connectivity index (χ2n) is 9.21. The lowest BCUT2D eigenvalue weighted by Crippen LogP contribution is -2.43. The number of sulfonamides is 1. The molecule has 2 heterocycles. The van der Waals surface area contributed by atoms with Crippen molar-refractivity contribution in [2.24, 2.45) is 5.92 Å². The predicted octanol–water partition coefficient (Wildman–Crippen LogP) is 5.12. The first kappa shape index (κ1) is 24.9. The van der Waals surface area contributed by atoms with Gasteiger partial charge in [0.15, 0.2) is 10.7 Å². The summed E-state index contributed by atoms with van der Waals surface area (Å²) >= 11 is 0. The number of carbonyl (C=O) groups excluding carboxylic acids is 1. The summed E-state index contributed by atoms with van der Waals surface area (Å²) in [6.07, 6.45) is 4.73. The number of benzene rings is 2. The molecule has 2 aromatic carbocycles. The van der Waals surface area contributed by atoms with Gasteiger partial charge in [-0.25, -0.2) is 8.42 Å². The number of rotatable bonds is 6. The van der Waals surface area contributed by atoms with Crippen LogP contribution in [0.2, 0.25) is 0 Å². The van der Waals surface area contributed by atoms with Crippen molar-refractivity contribution in [1.82, 2.24) is 9.46 Å². The van der Waals surface area contributed by atoms with Crippen LogP contribution >= 0.6 is 0 Å². The Morgan fingerprint density at radius 2 is 1.77 bits per heavy atom. The van der Waals surface area contributed by atoms with Gasteiger partial charge in [0.25, 0.3) is 0 Å². The molecule has 0 spiro atoms. The number of anilines is 1. The van der Waals surface area contributed by atoms with Crippen LogP contribution in [0.4, 0.5) is 5.69 Å². The van der Waals surface area contributed by atoms with Gasteiger partial charge in [0.1, 0.15) is 5.69 Å². The number of aryl methyl sites for hydroxylation is 4. The Kier molecular flexibility index (Phi) is 7.23. The molecule has 0 saturated carbocycles. The maximum atomic E-state index is 13.6. The molecule has 1 fully saturated rings. The summed E-state index contributed by atoms with van der Waals surface area (Å²) in [5.41, 5.74) is 5.27. The molecule has 4 rings (SSSR count). The van der Waals surface area contributed by atoms with Crippen molar-refractivity contribution in [2.45, 2.75) is 45.4 Å². The van der Waals surface area contributed by atoms with E-state index >= 15 is 0 Å². The molecule has 1 aromatic heterocycles. The van der Waals surface area contributed by atoms with Gasteiger partial charge < -0.3 is 9.84 Å². The van der Waals surface area contributed by atoms with E-state index in [-0.39, 0.29) is 23.1 Å². The number of nitrogens with zero attached hydrogens (tertiary/aromatic N) is 2. The topological polar surface area (TPSA) is 92.5 Å². The van der Waals surface area contributed by atoms with E-state index in [1.807, 2.05) is 69.3 Å². The average Bonchev–Trinajstić information content (AvgIpc) is 3.22. The lowest BCUT2D eigenvalue weighted by Gasteiger charge is -2.31. The molecule has 1 atom stereocenters. The molecule has 184 valence electrons.